The molecule has 2 aromatic rings. The topological polar surface area (TPSA) is 75.7 Å². The molecule has 0 radical (unpaired) electrons. The fraction of sp³-hybridized carbons (Fsp3) is 0.381. The van der Waals surface area contributed by atoms with E-state index < -0.39 is 10.0 Å². The van der Waals surface area contributed by atoms with Crippen LogP contribution in [0.15, 0.2) is 47.4 Å². The van der Waals surface area contributed by atoms with Gasteiger partial charge in [0, 0.05) is 6.54 Å². The van der Waals surface area contributed by atoms with Crippen molar-refractivity contribution < 1.29 is 17.9 Å². The number of nitrogens with zero attached hydrogens (tertiary/aromatic N) is 1. The number of ether oxygens (including phenoxy) is 1. The van der Waals surface area contributed by atoms with Gasteiger partial charge >= 0.3 is 0 Å². The Balaban J connectivity index is 2.51. The second-order valence-electron chi connectivity index (χ2n) is 7.20. The first kappa shape index (κ1) is 21.8. The van der Waals surface area contributed by atoms with E-state index in [2.05, 4.69) is 5.32 Å². The number of benzene rings is 2. The molecule has 0 atom stereocenters. The molecule has 0 aromatic heterocycles. The summed E-state index contributed by atoms with van der Waals surface area (Å²) in [7, 11) is -2.49. The number of carbonyl (C=O) groups excluding carboxylic acids is 1. The molecule has 7 heteroatoms. The van der Waals surface area contributed by atoms with Crippen LogP contribution < -0.4 is 14.4 Å². The number of methoxy groups -OCH3 is 1. The first-order chi connectivity index (χ1) is 13.1. The zero-order chi connectivity index (χ0) is 20.9. The predicted octanol–water partition coefficient (Wildman–Crippen LogP) is 3.28. The number of amides is 1. The van der Waals surface area contributed by atoms with Gasteiger partial charge in [0.15, 0.2) is 0 Å². The van der Waals surface area contributed by atoms with E-state index in [1.807, 2.05) is 33.8 Å². The largest absolute Gasteiger partial charge is 0.495 e. The van der Waals surface area contributed by atoms with Crippen molar-refractivity contribution in [2.75, 3.05) is 24.5 Å². The van der Waals surface area contributed by atoms with Crippen LogP contribution in [0.25, 0.3) is 0 Å². The van der Waals surface area contributed by atoms with Gasteiger partial charge in [-0.3, -0.25) is 9.10 Å². The maximum atomic E-state index is 13.4. The number of rotatable bonds is 8. The fourth-order valence-corrected chi connectivity index (χ4v) is 4.06. The monoisotopic (exact) mass is 404 g/mol. The number of sulfonamides is 1. The lowest BCUT2D eigenvalue weighted by Crippen LogP contribution is -2.42. The lowest BCUT2D eigenvalue weighted by Gasteiger charge is -2.26. The molecule has 1 amide bonds. The van der Waals surface area contributed by atoms with Crippen LogP contribution in [0.2, 0.25) is 0 Å². The molecule has 1 N–H and O–H groups in total. The number of aryl methyl sites for hydroxylation is 2. The minimum Gasteiger partial charge on any atom is -0.495 e. The van der Waals surface area contributed by atoms with Crippen molar-refractivity contribution in [3.8, 4) is 5.75 Å². The zero-order valence-electron chi connectivity index (χ0n) is 17.0. The van der Waals surface area contributed by atoms with E-state index in [1.165, 1.54) is 7.11 Å². The number of carbonyl (C=O) groups is 1. The second kappa shape index (κ2) is 9.10. The summed E-state index contributed by atoms with van der Waals surface area (Å²) in [6.45, 7) is 7.84. The Bertz CT molecular complexity index is 922. The quantitative estimate of drug-likeness (QED) is 0.733. The molecule has 28 heavy (non-hydrogen) atoms. The normalized spacial score (nSPS) is 11.4. The number of hydrogen-bond donors (Lipinski definition) is 1. The minimum atomic E-state index is -3.96. The van der Waals surface area contributed by atoms with Crippen molar-refractivity contribution in [1.82, 2.24) is 5.32 Å². The Morgan fingerprint density at radius 2 is 1.68 bits per heavy atom. The van der Waals surface area contributed by atoms with E-state index in [-0.39, 0.29) is 23.3 Å². The van der Waals surface area contributed by atoms with Gasteiger partial charge in [-0.2, -0.15) is 0 Å². The molecule has 0 bridgehead atoms. The summed E-state index contributed by atoms with van der Waals surface area (Å²) in [5.41, 5.74) is 2.15. The molecule has 0 aliphatic heterocycles. The van der Waals surface area contributed by atoms with Crippen molar-refractivity contribution in [2.24, 2.45) is 5.92 Å². The third-order valence-electron chi connectivity index (χ3n) is 4.21. The van der Waals surface area contributed by atoms with Crippen molar-refractivity contribution in [2.45, 2.75) is 32.6 Å². The third-order valence-corrected chi connectivity index (χ3v) is 5.98. The molecule has 2 aromatic carbocycles. The van der Waals surface area contributed by atoms with E-state index in [4.69, 9.17) is 4.74 Å². The Morgan fingerprint density at radius 3 is 2.25 bits per heavy atom. The first-order valence-corrected chi connectivity index (χ1v) is 10.6. The van der Waals surface area contributed by atoms with Gasteiger partial charge in [-0.05, 0) is 49.6 Å². The maximum absolute atomic E-state index is 13.4. The highest BCUT2D eigenvalue weighted by molar-refractivity contribution is 7.92. The summed E-state index contributed by atoms with van der Waals surface area (Å²) in [6, 6.07) is 11.8. The molecule has 0 saturated carbocycles. The van der Waals surface area contributed by atoms with Crippen LogP contribution >= 0.6 is 0 Å². The van der Waals surface area contributed by atoms with E-state index in [0.29, 0.717) is 18.0 Å². The average molecular weight is 405 g/mol. The minimum absolute atomic E-state index is 0.123. The molecule has 0 fully saturated rings. The molecule has 0 unspecified atom stereocenters. The van der Waals surface area contributed by atoms with Crippen LogP contribution in [0.3, 0.4) is 0 Å². The molecule has 0 saturated heterocycles. The van der Waals surface area contributed by atoms with Crippen molar-refractivity contribution in [1.29, 1.82) is 0 Å². The summed E-state index contributed by atoms with van der Waals surface area (Å²) >= 11 is 0. The smallest absolute Gasteiger partial charge is 0.264 e. The number of hydrogen-bond acceptors (Lipinski definition) is 4. The third kappa shape index (κ3) is 5.25. The Kier molecular flexibility index (Phi) is 7.07. The molecule has 0 aliphatic rings. The van der Waals surface area contributed by atoms with Crippen molar-refractivity contribution >= 4 is 21.6 Å². The molecule has 6 nitrogen and oxygen atoms in total. The molecule has 0 spiro atoms. The van der Waals surface area contributed by atoms with Gasteiger partial charge in [0.2, 0.25) is 5.91 Å². The van der Waals surface area contributed by atoms with Crippen LogP contribution in [0.1, 0.15) is 25.0 Å². The van der Waals surface area contributed by atoms with Crippen LogP contribution in [-0.2, 0) is 14.8 Å². The summed E-state index contributed by atoms with van der Waals surface area (Å²) in [4.78, 5) is 12.6. The SMILES string of the molecule is COc1ccc(C)cc1N(CC(=O)NCC(C)C)S(=O)(=O)c1ccc(C)cc1. The Hall–Kier alpha value is -2.54. The summed E-state index contributed by atoms with van der Waals surface area (Å²) in [5, 5.41) is 2.78. The highest BCUT2D eigenvalue weighted by Crippen LogP contribution is 2.33. The van der Waals surface area contributed by atoms with E-state index in [1.54, 1.807) is 36.4 Å². The summed E-state index contributed by atoms with van der Waals surface area (Å²) in [5.74, 6) is 0.283. The molecule has 152 valence electrons. The Morgan fingerprint density at radius 1 is 1.07 bits per heavy atom. The molecule has 0 heterocycles. The lowest BCUT2D eigenvalue weighted by atomic mass is 10.2. The molecular weight excluding hydrogens is 376 g/mol. The van der Waals surface area contributed by atoms with Gasteiger partial charge in [0.1, 0.15) is 12.3 Å². The number of nitrogens with one attached hydrogen (secondary N) is 1. The van der Waals surface area contributed by atoms with E-state index in [0.717, 1.165) is 15.4 Å². The van der Waals surface area contributed by atoms with Gasteiger partial charge in [0.25, 0.3) is 10.0 Å². The standard InChI is InChI=1S/C21H28N2O4S/c1-15(2)13-22-21(24)14-23(19-12-17(4)8-11-20(19)27-5)28(25,26)18-9-6-16(3)7-10-18/h6-12,15H,13-14H2,1-5H3,(H,22,24). The van der Waals surface area contributed by atoms with Gasteiger partial charge in [-0.15, -0.1) is 0 Å². The van der Waals surface area contributed by atoms with E-state index in [9.17, 15) is 13.2 Å². The first-order valence-electron chi connectivity index (χ1n) is 9.16. The molecular formula is C21H28N2O4S. The zero-order valence-corrected chi connectivity index (χ0v) is 17.8. The fourth-order valence-electron chi connectivity index (χ4n) is 2.64. The van der Waals surface area contributed by atoms with Crippen molar-refractivity contribution in [3.05, 3.63) is 53.6 Å². The maximum Gasteiger partial charge on any atom is 0.264 e. The van der Waals surface area contributed by atoms with Crippen LogP contribution in [0.5, 0.6) is 5.75 Å². The van der Waals surface area contributed by atoms with Gasteiger partial charge in [-0.25, -0.2) is 8.42 Å². The highest BCUT2D eigenvalue weighted by atomic mass is 32.2. The summed E-state index contributed by atoms with van der Waals surface area (Å²) < 4.78 is 33.3. The molecule has 0 aliphatic carbocycles. The van der Waals surface area contributed by atoms with Gasteiger partial charge in [-0.1, -0.05) is 37.6 Å². The van der Waals surface area contributed by atoms with Crippen LogP contribution in [-0.4, -0.2) is 34.5 Å². The van der Waals surface area contributed by atoms with Crippen LogP contribution in [0, 0.1) is 19.8 Å². The second-order valence-corrected chi connectivity index (χ2v) is 9.06. The summed E-state index contributed by atoms with van der Waals surface area (Å²) in [6.07, 6.45) is 0. The lowest BCUT2D eigenvalue weighted by molar-refractivity contribution is -0.119. The Labute approximate surface area is 167 Å². The molecule has 2 rings (SSSR count). The number of anilines is 1. The van der Waals surface area contributed by atoms with Crippen molar-refractivity contribution in [3.63, 3.8) is 0 Å². The van der Waals surface area contributed by atoms with E-state index >= 15 is 0 Å². The van der Waals surface area contributed by atoms with Crippen LogP contribution in [0.4, 0.5) is 5.69 Å². The highest BCUT2D eigenvalue weighted by Gasteiger charge is 2.29. The van der Waals surface area contributed by atoms with Gasteiger partial charge < -0.3 is 10.1 Å². The average Bonchev–Trinajstić information content (AvgIpc) is 2.64. The van der Waals surface area contributed by atoms with Gasteiger partial charge in [0.05, 0.1) is 17.7 Å². The predicted molar refractivity (Wildman–Crippen MR) is 111 cm³/mol.